The fraction of sp³-hybridized carbons (Fsp3) is 0. The van der Waals surface area contributed by atoms with Gasteiger partial charge in [0.1, 0.15) is 15.5 Å². The molecular weight excluding hydrogens is 302 g/mol. The number of amides is 1. The second-order valence-corrected chi connectivity index (χ2v) is 5.00. The molecule has 0 atom stereocenters. The summed E-state index contributed by atoms with van der Waals surface area (Å²) in [6, 6.07) is 3.33. The van der Waals surface area contributed by atoms with Crippen LogP contribution in [0, 0.1) is 0 Å². The Balaban J connectivity index is 2.06. The van der Waals surface area contributed by atoms with E-state index >= 15 is 0 Å². The molecule has 1 aliphatic heterocycles. The fourth-order valence-electron chi connectivity index (χ4n) is 0.876. The summed E-state index contributed by atoms with van der Waals surface area (Å²) < 4.78 is 11.2. The van der Waals surface area contributed by atoms with E-state index in [0.717, 1.165) is 11.8 Å². The molecule has 78 valence electrons. The topological polar surface area (TPSA) is 51.5 Å². The van der Waals surface area contributed by atoms with Gasteiger partial charge < -0.3 is 14.5 Å². The molecule has 7 heteroatoms. The second kappa shape index (κ2) is 4.38. The SMILES string of the molecule is O=C1NC(=S)SC1=COc1ccc(Br)o1. The molecule has 2 rings (SSSR count). The summed E-state index contributed by atoms with van der Waals surface area (Å²) in [6.07, 6.45) is 1.31. The quantitative estimate of drug-likeness (QED) is 0.516. The predicted octanol–water partition coefficient (Wildman–Crippen LogP) is 2.41. The summed E-state index contributed by atoms with van der Waals surface area (Å²) >= 11 is 9.10. The Kier molecular flexibility index (Phi) is 3.13. The maximum absolute atomic E-state index is 11.2. The molecule has 1 fully saturated rings. The zero-order valence-electron chi connectivity index (χ0n) is 7.15. The molecule has 4 nitrogen and oxygen atoms in total. The van der Waals surface area contributed by atoms with Crippen LogP contribution in [0.2, 0.25) is 0 Å². The van der Waals surface area contributed by atoms with Crippen LogP contribution in [0.5, 0.6) is 5.95 Å². The zero-order chi connectivity index (χ0) is 10.8. The normalized spacial score (nSPS) is 18.3. The molecule has 1 amide bonds. The zero-order valence-corrected chi connectivity index (χ0v) is 10.4. The van der Waals surface area contributed by atoms with E-state index in [1.54, 1.807) is 12.1 Å². The van der Waals surface area contributed by atoms with E-state index in [0.29, 0.717) is 19.8 Å². The average molecular weight is 306 g/mol. The second-order valence-electron chi connectivity index (χ2n) is 2.50. The lowest BCUT2D eigenvalue weighted by Gasteiger charge is -1.94. The molecule has 1 aromatic rings. The van der Waals surface area contributed by atoms with Gasteiger partial charge in [0.15, 0.2) is 4.67 Å². The fourth-order valence-corrected chi connectivity index (χ4v) is 2.11. The van der Waals surface area contributed by atoms with E-state index in [9.17, 15) is 4.79 Å². The average Bonchev–Trinajstić information content (AvgIpc) is 2.70. The van der Waals surface area contributed by atoms with Crippen molar-refractivity contribution in [2.45, 2.75) is 0 Å². The summed E-state index contributed by atoms with van der Waals surface area (Å²) in [4.78, 5) is 11.6. The van der Waals surface area contributed by atoms with E-state index in [1.807, 2.05) is 0 Å². The summed E-state index contributed by atoms with van der Waals surface area (Å²) in [5.41, 5.74) is 0. The first-order valence-corrected chi connectivity index (χ1v) is 5.82. The van der Waals surface area contributed by atoms with Crippen molar-refractivity contribution in [1.82, 2.24) is 5.32 Å². The van der Waals surface area contributed by atoms with Crippen molar-refractivity contribution in [3.63, 3.8) is 0 Å². The molecule has 1 saturated heterocycles. The minimum absolute atomic E-state index is 0.254. The molecule has 15 heavy (non-hydrogen) atoms. The first kappa shape index (κ1) is 10.7. The van der Waals surface area contributed by atoms with E-state index < -0.39 is 0 Å². The minimum atomic E-state index is -0.254. The molecular formula is C8H4BrNO3S2. The van der Waals surface area contributed by atoms with E-state index in [1.165, 1.54) is 6.26 Å². The van der Waals surface area contributed by atoms with Gasteiger partial charge in [0.2, 0.25) is 0 Å². The molecule has 0 aliphatic carbocycles. The minimum Gasteiger partial charge on any atom is -0.433 e. The highest BCUT2D eigenvalue weighted by Gasteiger charge is 2.22. The van der Waals surface area contributed by atoms with Crippen LogP contribution in [-0.2, 0) is 4.79 Å². The van der Waals surface area contributed by atoms with Gasteiger partial charge in [0.05, 0.1) is 0 Å². The lowest BCUT2D eigenvalue weighted by atomic mass is 10.6. The van der Waals surface area contributed by atoms with Crippen LogP contribution in [0.25, 0.3) is 0 Å². The van der Waals surface area contributed by atoms with Gasteiger partial charge in [-0.1, -0.05) is 24.0 Å². The summed E-state index contributed by atoms with van der Waals surface area (Å²) in [7, 11) is 0. The smallest absolute Gasteiger partial charge is 0.290 e. The molecule has 1 aliphatic rings. The van der Waals surface area contributed by atoms with Crippen molar-refractivity contribution in [1.29, 1.82) is 0 Å². The van der Waals surface area contributed by atoms with Crippen LogP contribution < -0.4 is 10.1 Å². The number of ether oxygens (including phenoxy) is 1. The van der Waals surface area contributed by atoms with Gasteiger partial charge in [-0.05, 0) is 22.0 Å². The van der Waals surface area contributed by atoms with Gasteiger partial charge in [-0.2, -0.15) is 0 Å². The third-order valence-electron chi connectivity index (χ3n) is 1.47. The number of nitrogens with one attached hydrogen (secondary N) is 1. The third kappa shape index (κ3) is 2.61. The largest absolute Gasteiger partial charge is 0.433 e. The monoisotopic (exact) mass is 305 g/mol. The maximum Gasteiger partial charge on any atom is 0.290 e. The maximum atomic E-state index is 11.2. The number of carbonyl (C=O) groups excluding carboxylic acids is 1. The highest BCUT2D eigenvalue weighted by molar-refractivity contribution is 9.10. The van der Waals surface area contributed by atoms with E-state index in [2.05, 4.69) is 21.2 Å². The Labute approximate surface area is 103 Å². The van der Waals surface area contributed by atoms with Crippen molar-refractivity contribution in [3.05, 3.63) is 28.0 Å². The Morgan fingerprint density at radius 2 is 2.40 bits per heavy atom. The van der Waals surface area contributed by atoms with Crippen molar-refractivity contribution in [3.8, 4) is 5.95 Å². The number of thiocarbonyl (C=S) groups is 1. The van der Waals surface area contributed by atoms with Crippen LogP contribution >= 0.6 is 39.9 Å². The van der Waals surface area contributed by atoms with E-state index in [-0.39, 0.29) is 5.91 Å². The summed E-state index contributed by atoms with van der Waals surface area (Å²) in [5, 5.41) is 2.48. The van der Waals surface area contributed by atoms with Gasteiger partial charge in [-0.25, -0.2) is 0 Å². The third-order valence-corrected chi connectivity index (χ3v) is 3.04. The summed E-state index contributed by atoms with van der Waals surface area (Å²) in [5.74, 6) is 0.0521. The number of hydrogen-bond acceptors (Lipinski definition) is 5. The molecule has 1 N–H and O–H groups in total. The van der Waals surface area contributed by atoms with Crippen molar-refractivity contribution in [2.24, 2.45) is 0 Å². The molecule has 0 bridgehead atoms. The molecule has 0 unspecified atom stereocenters. The van der Waals surface area contributed by atoms with Crippen LogP contribution in [0.4, 0.5) is 0 Å². The number of halogens is 1. The van der Waals surface area contributed by atoms with Gasteiger partial charge >= 0.3 is 0 Å². The number of furan rings is 1. The summed E-state index contributed by atoms with van der Waals surface area (Å²) in [6.45, 7) is 0. The Bertz CT molecular complexity index is 454. The van der Waals surface area contributed by atoms with E-state index in [4.69, 9.17) is 21.4 Å². The van der Waals surface area contributed by atoms with Crippen LogP contribution in [0.3, 0.4) is 0 Å². The highest BCUT2D eigenvalue weighted by atomic mass is 79.9. The predicted molar refractivity (Wildman–Crippen MR) is 63.5 cm³/mol. The number of thioether (sulfide) groups is 1. The molecule has 0 spiro atoms. The lowest BCUT2D eigenvalue weighted by Crippen LogP contribution is -2.17. The van der Waals surface area contributed by atoms with Crippen molar-refractivity contribution >= 4 is 50.1 Å². The number of rotatable bonds is 2. The number of hydrogen-bond donors (Lipinski definition) is 1. The van der Waals surface area contributed by atoms with Crippen LogP contribution in [0.1, 0.15) is 0 Å². The number of carbonyl (C=O) groups is 1. The lowest BCUT2D eigenvalue weighted by molar-refractivity contribution is -0.115. The van der Waals surface area contributed by atoms with Crippen molar-refractivity contribution in [2.75, 3.05) is 0 Å². The highest BCUT2D eigenvalue weighted by Crippen LogP contribution is 2.25. The van der Waals surface area contributed by atoms with Crippen molar-refractivity contribution < 1.29 is 13.9 Å². The Morgan fingerprint density at radius 3 is 2.93 bits per heavy atom. The molecule has 2 heterocycles. The molecule has 0 radical (unpaired) electrons. The van der Waals surface area contributed by atoms with Gasteiger partial charge in [-0.15, -0.1) is 0 Å². The standard InChI is InChI=1S/C8H4BrNO3S2/c9-5-1-2-6(13-5)12-3-4-7(11)10-8(14)15-4/h1-3H,(H,10,11,14). The van der Waals surface area contributed by atoms with Crippen LogP contribution in [0.15, 0.2) is 32.4 Å². The Morgan fingerprint density at radius 1 is 1.60 bits per heavy atom. The van der Waals surface area contributed by atoms with Gasteiger partial charge in [0, 0.05) is 6.07 Å². The van der Waals surface area contributed by atoms with Gasteiger partial charge in [-0.3, -0.25) is 4.79 Å². The first-order valence-electron chi connectivity index (χ1n) is 3.80. The van der Waals surface area contributed by atoms with Gasteiger partial charge in [0.25, 0.3) is 11.9 Å². The Hall–Kier alpha value is -0.790. The molecule has 0 aromatic carbocycles. The molecule has 1 aromatic heterocycles. The van der Waals surface area contributed by atoms with Crippen LogP contribution in [-0.4, -0.2) is 10.2 Å². The first-order chi connectivity index (χ1) is 7.15. The molecule has 0 saturated carbocycles.